The van der Waals surface area contributed by atoms with E-state index in [1.807, 2.05) is 25.3 Å². The van der Waals surface area contributed by atoms with Gasteiger partial charge in [-0.25, -0.2) is 4.98 Å². The molecule has 0 bridgehead atoms. The van der Waals surface area contributed by atoms with Gasteiger partial charge in [-0.2, -0.15) is 0 Å². The number of nitrogens with zero attached hydrogens (tertiary/aromatic N) is 1. The van der Waals surface area contributed by atoms with Crippen LogP contribution in [-0.2, 0) is 16.0 Å². The summed E-state index contributed by atoms with van der Waals surface area (Å²) >= 11 is 13.7. The Morgan fingerprint density at radius 1 is 1.46 bits per heavy atom. The lowest BCUT2D eigenvalue weighted by Gasteiger charge is -2.29. The standard InChI is InChI=1S/C18H20Cl2N2O3S/c1-9(2)18(3,17(23)24)22-15-14(25-15)7-11-8-26-16(21-11)12-5-4-10(19)6-13(12)20/h4-6,8-9,14-15,22H,7H2,1-3H3,(H,23,24). The number of epoxide rings is 1. The number of aromatic nitrogens is 1. The van der Waals surface area contributed by atoms with Gasteiger partial charge in [0.1, 0.15) is 22.9 Å². The molecule has 1 aromatic carbocycles. The first-order chi connectivity index (χ1) is 12.2. The van der Waals surface area contributed by atoms with Crippen molar-refractivity contribution in [2.24, 2.45) is 5.92 Å². The summed E-state index contributed by atoms with van der Waals surface area (Å²) in [7, 11) is 0. The van der Waals surface area contributed by atoms with E-state index < -0.39 is 11.5 Å². The number of aliphatic carboxylic acids is 1. The number of hydrogen-bond donors (Lipinski definition) is 2. The number of benzene rings is 1. The number of carbonyl (C=O) groups is 1. The van der Waals surface area contributed by atoms with Crippen molar-refractivity contribution >= 4 is 40.5 Å². The number of hydrogen-bond acceptors (Lipinski definition) is 5. The summed E-state index contributed by atoms with van der Waals surface area (Å²) in [6, 6.07) is 5.33. The van der Waals surface area contributed by atoms with Crippen LogP contribution >= 0.6 is 34.5 Å². The van der Waals surface area contributed by atoms with Gasteiger partial charge in [-0.15, -0.1) is 11.3 Å². The summed E-state index contributed by atoms with van der Waals surface area (Å²) < 4.78 is 5.62. The zero-order valence-electron chi connectivity index (χ0n) is 14.6. The van der Waals surface area contributed by atoms with Gasteiger partial charge in [0.05, 0.1) is 10.7 Å². The molecule has 3 rings (SSSR count). The largest absolute Gasteiger partial charge is 0.480 e. The molecule has 1 aromatic heterocycles. The van der Waals surface area contributed by atoms with Crippen molar-refractivity contribution in [3.05, 3.63) is 39.3 Å². The highest BCUT2D eigenvalue weighted by Gasteiger charge is 2.47. The zero-order chi connectivity index (χ0) is 19.1. The molecule has 5 nitrogen and oxygen atoms in total. The van der Waals surface area contributed by atoms with Crippen LogP contribution in [0.5, 0.6) is 0 Å². The van der Waals surface area contributed by atoms with E-state index >= 15 is 0 Å². The molecule has 0 amide bonds. The van der Waals surface area contributed by atoms with Crippen LogP contribution in [0.4, 0.5) is 0 Å². The molecule has 1 aliphatic rings. The minimum Gasteiger partial charge on any atom is -0.480 e. The molecule has 0 radical (unpaired) electrons. The molecule has 26 heavy (non-hydrogen) atoms. The molecule has 1 saturated heterocycles. The van der Waals surface area contributed by atoms with E-state index in [9.17, 15) is 9.90 Å². The molecule has 3 atom stereocenters. The topological polar surface area (TPSA) is 74.8 Å². The van der Waals surface area contributed by atoms with E-state index in [2.05, 4.69) is 10.3 Å². The lowest BCUT2D eigenvalue weighted by atomic mass is 9.88. The third-order valence-electron chi connectivity index (χ3n) is 4.75. The number of ether oxygens (including phenoxy) is 1. The third kappa shape index (κ3) is 4.05. The Morgan fingerprint density at radius 2 is 2.19 bits per heavy atom. The number of halogens is 2. The van der Waals surface area contributed by atoms with E-state index in [1.165, 1.54) is 11.3 Å². The third-order valence-corrected chi connectivity index (χ3v) is 6.22. The second-order valence-electron chi connectivity index (χ2n) is 6.87. The fourth-order valence-electron chi connectivity index (χ4n) is 2.59. The Bertz CT molecular complexity index is 827. The first kappa shape index (κ1) is 19.6. The molecular formula is C18H20Cl2N2O3S. The average Bonchev–Trinajstić information content (AvgIpc) is 3.09. The van der Waals surface area contributed by atoms with Crippen molar-refractivity contribution in [2.45, 2.75) is 45.1 Å². The average molecular weight is 415 g/mol. The van der Waals surface area contributed by atoms with E-state index in [1.54, 1.807) is 19.1 Å². The number of carboxylic acid groups (broad SMARTS) is 1. The molecule has 8 heteroatoms. The summed E-state index contributed by atoms with van der Waals surface area (Å²) in [6.45, 7) is 5.43. The monoisotopic (exact) mass is 414 g/mol. The SMILES string of the molecule is CC(C)C(C)(NC1OC1Cc1csc(-c2ccc(Cl)cc2Cl)n1)C(=O)O. The summed E-state index contributed by atoms with van der Waals surface area (Å²) in [5.74, 6) is -0.946. The van der Waals surface area contributed by atoms with Crippen molar-refractivity contribution in [3.63, 3.8) is 0 Å². The molecule has 140 valence electrons. The Balaban J connectivity index is 1.64. The lowest BCUT2D eigenvalue weighted by Crippen LogP contribution is -2.55. The quantitative estimate of drug-likeness (QED) is 0.653. The fourth-order valence-corrected chi connectivity index (χ4v) is 4.01. The highest BCUT2D eigenvalue weighted by atomic mass is 35.5. The Labute approximate surface area is 166 Å². The van der Waals surface area contributed by atoms with Gasteiger partial charge in [0.15, 0.2) is 0 Å². The van der Waals surface area contributed by atoms with Crippen LogP contribution in [0.1, 0.15) is 26.5 Å². The lowest BCUT2D eigenvalue weighted by molar-refractivity contribution is -0.146. The summed E-state index contributed by atoms with van der Waals surface area (Å²) in [6.07, 6.45) is 0.263. The van der Waals surface area contributed by atoms with Crippen molar-refractivity contribution in [2.75, 3.05) is 0 Å². The van der Waals surface area contributed by atoms with Crippen LogP contribution in [0.15, 0.2) is 23.6 Å². The molecule has 1 fully saturated rings. The van der Waals surface area contributed by atoms with Crippen LogP contribution < -0.4 is 5.32 Å². The maximum Gasteiger partial charge on any atom is 0.323 e. The van der Waals surface area contributed by atoms with Gasteiger partial charge in [0, 0.05) is 22.4 Å². The van der Waals surface area contributed by atoms with Crippen LogP contribution in [-0.4, -0.2) is 33.9 Å². The van der Waals surface area contributed by atoms with Crippen molar-refractivity contribution < 1.29 is 14.6 Å². The fraction of sp³-hybridized carbons (Fsp3) is 0.444. The summed E-state index contributed by atoms with van der Waals surface area (Å²) in [5, 5.41) is 16.5. The van der Waals surface area contributed by atoms with Gasteiger partial charge in [-0.05, 0) is 31.0 Å². The molecule has 2 N–H and O–H groups in total. The van der Waals surface area contributed by atoms with Gasteiger partial charge in [0.25, 0.3) is 0 Å². The van der Waals surface area contributed by atoms with Crippen molar-refractivity contribution in [1.82, 2.24) is 10.3 Å². The van der Waals surface area contributed by atoms with E-state index in [0.717, 1.165) is 16.3 Å². The second-order valence-corrected chi connectivity index (χ2v) is 8.58. The maximum atomic E-state index is 11.6. The molecule has 0 saturated carbocycles. The number of nitrogens with one attached hydrogen (secondary N) is 1. The first-order valence-corrected chi connectivity index (χ1v) is 9.90. The molecular weight excluding hydrogens is 395 g/mol. The minimum atomic E-state index is -1.02. The molecule has 3 unspecified atom stereocenters. The van der Waals surface area contributed by atoms with Gasteiger partial charge >= 0.3 is 5.97 Å². The molecule has 0 spiro atoms. The predicted molar refractivity (Wildman–Crippen MR) is 104 cm³/mol. The molecule has 1 aliphatic heterocycles. The minimum absolute atomic E-state index is 0.0669. The van der Waals surface area contributed by atoms with E-state index in [0.29, 0.717) is 16.5 Å². The zero-order valence-corrected chi connectivity index (χ0v) is 17.0. The van der Waals surface area contributed by atoms with Gasteiger partial charge < -0.3 is 9.84 Å². The Hall–Kier alpha value is -1.18. The Kier molecular flexibility index (Phi) is 5.61. The molecule has 2 aromatic rings. The van der Waals surface area contributed by atoms with Gasteiger partial charge in [0.2, 0.25) is 0 Å². The van der Waals surface area contributed by atoms with Gasteiger partial charge in [-0.1, -0.05) is 37.0 Å². The number of rotatable bonds is 7. The summed E-state index contributed by atoms with van der Waals surface area (Å²) in [4.78, 5) is 16.2. The van der Waals surface area contributed by atoms with Crippen LogP contribution in [0.3, 0.4) is 0 Å². The van der Waals surface area contributed by atoms with Gasteiger partial charge in [-0.3, -0.25) is 10.1 Å². The number of thiazole rings is 1. The first-order valence-electron chi connectivity index (χ1n) is 8.27. The van der Waals surface area contributed by atoms with Crippen molar-refractivity contribution in [3.8, 4) is 10.6 Å². The second kappa shape index (κ2) is 7.44. The van der Waals surface area contributed by atoms with Crippen LogP contribution in [0.25, 0.3) is 10.6 Å². The van der Waals surface area contributed by atoms with E-state index in [4.69, 9.17) is 27.9 Å². The van der Waals surface area contributed by atoms with Crippen molar-refractivity contribution in [1.29, 1.82) is 0 Å². The molecule has 2 heterocycles. The maximum absolute atomic E-state index is 11.6. The van der Waals surface area contributed by atoms with Crippen LogP contribution in [0.2, 0.25) is 10.0 Å². The smallest absolute Gasteiger partial charge is 0.323 e. The number of carboxylic acids is 1. The highest BCUT2D eigenvalue weighted by Crippen LogP contribution is 2.34. The Morgan fingerprint density at radius 3 is 2.81 bits per heavy atom. The van der Waals surface area contributed by atoms with Crippen LogP contribution in [0, 0.1) is 5.92 Å². The molecule has 0 aliphatic carbocycles. The summed E-state index contributed by atoms with van der Waals surface area (Å²) in [5.41, 5.74) is 0.715. The predicted octanol–water partition coefficient (Wildman–Crippen LogP) is 4.47. The van der Waals surface area contributed by atoms with E-state index in [-0.39, 0.29) is 18.2 Å². The normalized spacial score (nSPS) is 21.6. The highest BCUT2D eigenvalue weighted by molar-refractivity contribution is 7.13.